The number of carbonyl (C=O) groups excluding carboxylic acids is 2. The maximum absolute atomic E-state index is 13.2. The summed E-state index contributed by atoms with van der Waals surface area (Å²) >= 11 is 0. The summed E-state index contributed by atoms with van der Waals surface area (Å²) in [5, 5.41) is 0. The van der Waals surface area contributed by atoms with Gasteiger partial charge in [0.2, 0.25) is 0 Å². The fourth-order valence-electron chi connectivity index (χ4n) is 7.40. The molecule has 0 radical (unpaired) electrons. The number of carbonyl (C=O) groups is 2. The molecular weight excluding hydrogens is 322 g/mol. The predicted molar refractivity (Wildman–Crippen MR) is 103 cm³/mol. The normalized spacial score (nSPS) is 48.3. The summed E-state index contributed by atoms with van der Waals surface area (Å²) in [6.07, 6.45) is 13.6. The molecule has 4 saturated carbocycles. The standard InChI is InChI=1S/C23H35NO2/c1-22-10-8-15(5-3-4-12-24)13-19(22)20(25)14-16-17-6-7-21(26)23(17,2)11-9-18(16)22/h3,5,15-19H,4,6-14,24H2,1-2H3/t15?,16-,17-,18+,19?,22+,23-/m0/s1. The number of hydrogen-bond acceptors (Lipinski definition) is 3. The highest BCUT2D eigenvalue weighted by Crippen LogP contribution is 2.65. The molecular formula is C23H35NO2. The van der Waals surface area contributed by atoms with Crippen molar-refractivity contribution in [1.29, 1.82) is 0 Å². The molecule has 0 saturated heterocycles. The van der Waals surface area contributed by atoms with Gasteiger partial charge in [-0.1, -0.05) is 26.0 Å². The van der Waals surface area contributed by atoms with Crippen molar-refractivity contribution in [3.05, 3.63) is 12.2 Å². The minimum atomic E-state index is -0.132. The molecule has 0 amide bonds. The van der Waals surface area contributed by atoms with Gasteiger partial charge in [-0.3, -0.25) is 9.59 Å². The Morgan fingerprint density at radius 1 is 1.12 bits per heavy atom. The van der Waals surface area contributed by atoms with E-state index in [2.05, 4.69) is 26.0 Å². The Bertz CT molecular complexity index is 626. The van der Waals surface area contributed by atoms with E-state index in [9.17, 15) is 9.59 Å². The van der Waals surface area contributed by atoms with E-state index in [-0.39, 0.29) is 16.7 Å². The van der Waals surface area contributed by atoms with Gasteiger partial charge in [-0.05, 0) is 80.6 Å². The fraction of sp³-hybridized carbons (Fsp3) is 0.826. The predicted octanol–water partition coefficient (Wildman–Crippen LogP) is 4.30. The summed E-state index contributed by atoms with van der Waals surface area (Å²) in [6.45, 7) is 5.30. The maximum Gasteiger partial charge on any atom is 0.139 e. The minimum Gasteiger partial charge on any atom is -0.330 e. The molecule has 3 heteroatoms. The van der Waals surface area contributed by atoms with Crippen LogP contribution in [0.3, 0.4) is 0 Å². The first-order valence-electron chi connectivity index (χ1n) is 10.8. The molecule has 3 nitrogen and oxygen atoms in total. The van der Waals surface area contributed by atoms with Crippen molar-refractivity contribution in [2.75, 3.05) is 6.54 Å². The highest BCUT2D eigenvalue weighted by atomic mass is 16.1. The van der Waals surface area contributed by atoms with Gasteiger partial charge >= 0.3 is 0 Å². The zero-order valence-electron chi connectivity index (χ0n) is 16.5. The largest absolute Gasteiger partial charge is 0.330 e. The van der Waals surface area contributed by atoms with Gasteiger partial charge in [-0.25, -0.2) is 0 Å². The van der Waals surface area contributed by atoms with Gasteiger partial charge in [0.05, 0.1) is 0 Å². The third-order valence-corrected chi connectivity index (χ3v) is 8.95. The van der Waals surface area contributed by atoms with Crippen LogP contribution in [0.25, 0.3) is 0 Å². The number of hydrogen-bond donors (Lipinski definition) is 1. The van der Waals surface area contributed by atoms with Gasteiger partial charge in [0.15, 0.2) is 0 Å². The molecule has 4 aliphatic carbocycles. The number of Topliss-reactive ketones (excluding diaryl/α,β-unsaturated/α-hetero) is 2. The van der Waals surface area contributed by atoms with E-state index in [0.717, 1.165) is 44.9 Å². The third kappa shape index (κ3) is 2.65. The first-order chi connectivity index (χ1) is 12.4. The second-order valence-corrected chi connectivity index (χ2v) is 10.1. The molecule has 4 fully saturated rings. The quantitative estimate of drug-likeness (QED) is 0.766. The van der Waals surface area contributed by atoms with Gasteiger partial charge in [0, 0.05) is 24.2 Å². The first kappa shape index (κ1) is 18.4. The molecule has 144 valence electrons. The second kappa shape index (κ2) is 6.58. The van der Waals surface area contributed by atoms with Crippen LogP contribution in [0.4, 0.5) is 0 Å². The lowest BCUT2D eigenvalue weighted by atomic mass is 9.44. The average Bonchev–Trinajstić information content (AvgIpc) is 2.92. The fourth-order valence-corrected chi connectivity index (χ4v) is 7.40. The summed E-state index contributed by atoms with van der Waals surface area (Å²) in [5.41, 5.74) is 5.63. The van der Waals surface area contributed by atoms with Crippen molar-refractivity contribution >= 4 is 11.6 Å². The molecule has 0 aliphatic heterocycles. The Labute approximate surface area is 158 Å². The van der Waals surface area contributed by atoms with Crippen molar-refractivity contribution in [3.8, 4) is 0 Å². The smallest absolute Gasteiger partial charge is 0.139 e. The molecule has 0 heterocycles. The zero-order chi connectivity index (χ0) is 18.5. The van der Waals surface area contributed by atoms with Crippen LogP contribution in [0.1, 0.15) is 71.6 Å². The van der Waals surface area contributed by atoms with E-state index in [4.69, 9.17) is 5.73 Å². The van der Waals surface area contributed by atoms with Crippen molar-refractivity contribution in [2.45, 2.75) is 71.6 Å². The Morgan fingerprint density at radius 3 is 2.69 bits per heavy atom. The van der Waals surface area contributed by atoms with Crippen LogP contribution < -0.4 is 5.73 Å². The molecule has 0 aromatic heterocycles. The molecule has 2 N–H and O–H groups in total. The van der Waals surface area contributed by atoms with E-state index in [1.54, 1.807) is 0 Å². The molecule has 0 aromatic carbocycles. The van der Waals surface area contributed by atoms with Crippen LogP contribution in [0.5, 0.6) is 0 Å². The number of allylic oxidation sites excluding steroid dienone is 1. The van der Waals surface area contributed by atoms with E-state index in [1.807, 2.05) is 0 Å². The molecule has 26 heavy (non-hydrogen) atoms. The molecule has 0 bridgehead atoms. The van der Waals surface area contributed by atoms with Crippen LogP contribution in [0.2, 0.25) is 0 Å². The number of ketones is 2. The molecule has 4 aliphatic rings. The molecule has 2 unspecified atom stereocenters. The first-order valence-corrected chi connectivity index (χ1v) is 10.8. The lowest BCUT2D eigenvalue weighted by molar-refractivity contribution is -0.157. The van der Waals surface area contributed by atoms with Crippen LogP contribution >= 0.6 is 0 Å². The minimum absolute atomic E-state index is 0.132. The van der Waals surface area contributed by atoms with Gasteiger partial charge in [0.1, 0.15) is 11.6 Å². The summed E-state index contributed by atoms with van der Waals surface area (Å²) in [4.78, 5) is 25.7. The number of rotatable bonds is 3. The summed E-state index contributed by atoms with van der Waals surface area (Å²) < 4.78 is 0. The van der Waals surface area contributed by atoms with E-state index in [1.165, 1.54) is 12.8 Å². The lowest BCUT2D eigenvalue weighted by Crippen LogP contribution is -2.56. The van der Waals surface area contributed by atoms with Gasteiger partial charge in [-0.2, -0.15) is 0 Å². The number of nitrogens with two attached hydrogens (primary N) is 1. The summed E-state index contributed by atoms with van der Waals surface area (Å²) in [5.74, 6) is 3.29. The molecule has 0 spiro atoms. The molecule has 0 aromatic rings. The van der Waals surface area contributed by atoms with Crippen molar-refractivity contribution < 1.29 is 9.59 Å². The molecule has 4 rings (SSSR count). The maximum atomic E-state index is 13.2. The van der Waals surface area contributed by atoms with Gasteiger partial charge in [0.25, 0.3) is 0 Å². The second-order valence-electron chi connectivity index (χ2n) is 10.1. The topological polar surface area (TPSA) is 60.2 Å². The van der Waals surface area contributed by atoms with Gasteiger partial charge < -0.3 is 5.73 Å². The van der Waals surface area contributed by atoms with E-state index in [0.29, 0.717) is 41.8 Å². The van der Waals surface area contributed by atoms with E-state index >= 15 is 0 Å². The Hall–Kier alpha value is -0.960. The highest BCUT2D eigenvalue weighted by molar-refractivity contribution is 5.88. The van der Waals surface area contributed by atoms with Gasteiger partial charge in [-0.15, -0.1) is 0 Å². The van der Waals surface area contributed by atoms with Crippen LogP contribution in [-0.2, 0) is 9.59 Å². The monoisotopic (exact) mass is 357 g/mol. The third-order valence-electron chi connectivity index (χ3n) is 8.95. The zero-order valence-corrected chi connectivity index (χ0v) is 16.5. The summed E-state index contributed by atoms with van der Waals surface area (Å²) in [6, 6.07) is 0. The Kier molecular flexibility index (Phi) is 4.66. The summed E-state index contributed by atoms with van der Waals surface area (Å²) in [7, 11) is 0. The van der Waals surface area contributed by atoms with Crippen LogP contribution in [0.15, 0.2) is 12.2 Å². The van der Waals surface area contributed by atoms with Crippen molar-refractivity contribution in [1.82, 2.24) is 0 Å². The SMILES string of the molecule is C[C@]12CCC(C=CCCN)CC1C(=O)C[C@@H]1[C@H]2CC[C@]2(C)C(=O)CC[C@@H]12. The Balaban J connectivity index is 1.56. The average molecular weight is 358 g/mol. The van der Waals surface area contributed by atoms with E-state index < -0.39 is 0 Å². The Morgan fingerprint density at radius 2 is 1.92 bits per heavy atom. The highest BCUT2D eigenvalue weighted by Gasteiger charge is 2.62. The number of fused-ring (bicyclic) bond motifs is 5. The van der Waals surface area contributed by atoms with Crippen molar-refractivity contribution in [2.24, 2.45) is 46.2 Å². The molecule has 7 atom stereocenters. The van der Waals surface area contributed by atoms with Crippen molar-refractivity contribution in [3.63, 3.8) is 0 Å². The van der Waals surface area contributed by atoms with Crippen LogP contribution in [0, 0.1) is 40.4 Å². The van der Waals surface area contributed by atoms with Crippen LogP contribution in [-0.4, -0.2) is 18.1 Å². The lowest BCUT2D eigenvalue weighted by Gasteiger charge is -2.59.